The second-order valence-electron chi connectivity index (χ2n) is 3.84. The molecule has 0 aliphatic rings. The summed E-state index contributed by atoms with van der Waals surface area (Å²) in [7, 11) is -4.24. The first-order valence-corrected chi connectivity index (χ1v) is 7.65. The Balaban J connectivity index is 4.29. The molecule has 0 heterocycles. The van der Waals surface area contributed by atoms with Gasteiger partial charge in [0.15, 0.2) is 0 Å². The van der Waals surface area contributed by atoms with Gasteiger partial charge >= 0.3 is 19.5 Å². The van der Waals surface area contributed by atoms with Crippen molar-refractivity contribution in [3.05, 3.63) is 12.7 Å². The van der Waals surface area contributed by atoms with Gasteiger partial charge in [-0.25, -0.2) is 4.79 Å². The van der Waals surface area contributed by atoms with Crippen molar-refractivity contribution in [3.63, 3.8) is 0 Å². The predicted octanol–water partition coefficient (Wildman–Crippen LogP) is 1.34. The van der Waals surface area contributed by atoms with Gasteiger partial charge < -0.3 is 19.3 Å². The van der Waals surface area contributed by atoms with Crippen molar-refractivity contribution in [2.24, 2.45) is 0 Å². The molecule has 0 aromatic heterocycles. The molecule has 7 nitrogen and oxygen atoms in total. The molecule has 8 heteroatoms. The van der Waals surface area contributed by atoms with Crippen molar-refractivity contribution in [2.45, 2.75) is 38.9 Å². The van der Waals surface area contributed by atoms with Crippen molar-refractivity contribution >= 4 is 19.5 Å². The second-order valence-corrected chi connectivity index (χ2v) is 5.62. The molecule has 0 bridgehead atoms. The average molecular weight is 294 g/mol. The van der Waals surface area contributed by atoms with E-state index in [1.165, 1.54) is 0 Å². The van der Waals surface area contributed by atoms with Crippen LogP contribution in [0.25, 0.3) is 0 Å². The van der Waals surface area contributed by atoms with E-state index >= 15 is 0 Å². The largest absolute Gasteiger partial charge is 0.425 e. The highest BCUT2D eigenvalue weighted by Crippen LogP contribution is 2.34. The van der Waals surface area contributed by atoms with E-state index in [0.29, 0.717) is 12.8 Å². The Kier molecular flexibility index (Phi) is 8.30. The van der Waals surface area contributed by atoms with Gasteiger partial charge in [0.05, 0.1) is 12.6 Å². The zero-order valence-corrected chi connectivity index (χ0v) is 11.7. The number of hydrogen-bond acceptors (Lipinski definition) is 5. The van der Waals surface area contributed by atoms with Crippen molar-refractivity contribution in [1.82, 2.24) is 0 Å². The van der Waals surface area contributed by atoms with Crippen molar-refractivity contribution in [1.29, 1.82) is 0 Å². The van der Waals surface area contributed by atoms with Gasteiger partial charge in [-0.2, -0.15) is 0 Å². The third-order valence-electron chi connectivity index (χ3n) is 2.08. The molecule has 0 saturated heterocycles. The van der Waals surface area contributed by atoms with Gasteiger partial charge in [-0.05, 0) is 6.42 Å². The fourth-order valence-electron chi connectivity index (χ4n) is 1.13. The predicted molar refractivity (Wildman–Crippen MR) is 67.2 cm³/mol. The first kappa shape index (κ1) is 17.8. The maximum absolute atomic E-state index is 11.4. The lowest BCUT2D eigenvalue weighted by Gasteiger charge is -2.17. The summed E-state index contributed by atoms with van der Waals surface area (Å²) in [5.41, 5.74) is 0. The summed E-state index contributed by atoms with van der Waals surface area (Å²) < 4.78 is 20.3. The zero-order valence-electron chi connectivity index (χ0n) is 10.8. The van der Waals surface area contributed by atoms with Gasteiger partial charge in [0.2, 0.25) is 6.29 Å². The molecule has 1 atom stereocenters. The van der Waals surface area contributed by atoms with Crippen LogP contribution in [0.15, 0.2) is 12.7 Å². The fraction of sp³-hybridized carbons (Fsp3) is 0.636. The Morgan fingerprint density at radius 2 is 2.00 bits per heavy atom. The Morgan fingerprint density at radius 3 is 2.47 bits per heavy atom. The zero-order chi connectivity index (χ0) is 14.9. The average Bonchev–Trinajstić information content (AvgIpc) is 2.32. The highest BCUT2D eigenvalue weighted by molar-refractivity contribution is 7.51. The summed E-state index contributed by atoms with van der Waals surface area (Å²) in [6, 6.07) is 0. The minimum absolute atomic E-state index is 0.331. The van der Waals surface area contributed by atoms with E-state index in [0.717, 1.165) is 12.5 Å². The third kappa shape index (κ3) is 10.4. The fourth-order valence-corrected chi connectivity index (χ4v) is 1.61. The van der Waals surface area contributed by atoms with E-state index in [2.05, 4.69) is 6.58 Å². The number of unbranched alkanes of at least 4 members (excludes halogenated alkanes) is 1. The van der Waals surface area contributed by atoms with Crippen LogP contribution in [0.3, 0.4) is 0 Å². The lowest BCUT2D eigenvalue weighted by molar-refractivity contribution is -0.185. The lowest BCUT2D eigenvalue weighted by Crippen LogP contribution is -2.24. The molecule has 110 valence electrons. The summed E-state index contributed by atoms with van der Waals surface area (Å²) in [5.74, 6) is -1.54. The Hall–Kier alpha value is -1.17. The van der Waals surface area contributed by atoms with Crippen LogP contribution in [0.2, 0.25) is 0 Å². The van der Waals surface area contributed by atoms with E-state index in [-0.39, 0.29) is 0 Å². The van der Waals surface area contributed by atoms with Crippen LogP contribution in [0.1, 0.15) is 32.6 Å². The maximum atomic E-state index is 11.4. The standard InChI is InChI=1S/C11H19O7P/c1-3-5-6-11(17-9(12)4-2)18-10(13)7-8-19(14,15)16/h4,11H,2-3,5-8H2,1H3,(H2,14,15,16). The van der Waals surface area contributed by atoms with Gasteiger partial charge in [0, 0.05) is 12.5 Å². The summed E-state index contributed by atoms with van der Waals surface area (Å²) in [6.07, 6.45) is 0.707. The molecular formula is C11H19O7P. The molecule has 0 aliphatic carbocycles. The minimum Gasteiger partial charge on any atom is -0.425 e. The molecule has 0 aliphatic heterocycles. The summed E-state index contributed by atoms with van der Waals surface area (Å²) in [5, 5.41) is 0. The second kappa shape index (κ2) is 8.85. The smallest absolute Gasteiger partial charge is 0.333 e. The van der Waals surface area contributed by atoms with Crippen LogP contribution < -0.4 is 0 Å². The van der Waals surface area contributed by atoms with Crippen LogP contribution in [0.5, 0.6) is 0 Å². The Bertz CT molecular complexity index is 360. The number of esters is 2. The molecule has 0 radical (unpaired) electrons. The third-order valence-corrected chi connectivity index (χ3v) is 2.88. The molecule has 19 heavy (non-hydrogen) atoms. The van der Waals surface area contributed by atoms with E-state index in [1.807, 2.05) is 6.92 Å². The van der Waals surface area contributed by atoms with Gasteiger partial charge in [-0.3, -0.25) is 9.36 Å². The quantitative estimate of drug-likeness (QED) is 0.286. The number of ether oxygens (including phenoxy) is 2. The summed E-state index contributed by atoms with van der Waals surface area (Å²) in [6.45, 7) is 5.14. The molecule has 0 fully saturated rings. The van der Waals surface area contributed by atoms with Gasteiger partial charge in [-0.15, -0.1) is 0 Å². The molecule has 1 unspecified atom stereocenters. The minimum atomic E-state index is -4.24. The van der Waals surface area contributed by atoms with E-state index in [9.17, 15) is 14.2 Å². The monoisotopic (exact) mass is 294 g/mol. The molecule has 0 aromatic carbocycles. The molecular weight excluding hydrogens is 275 g/mol. The normalized spacial score (nSPS) is 12.6. The molecule has 0 rings (SSSR count). The van der Waals surface area contributed by atoms with Crippen LogP contribution in [0, 0.1) is 0 Å². The number of rotatable bonds is 9. The first-order chi connectivity index (χ1) is 8.78. The van der Waals surface area contributed by atoms with Crippen molar-refractivity contribution in [3.8, 4) is 0 Å². The number of carbonyl (C=O) groups excluding carboxylic acids is 2. The summed E-state index contributed by atoms with van der Waals surface area (Å²) in [4.78, 5) is 39.6. The van der Waals surface area contributed by atoms with E-state index in [4.69, 9.17) is 19.3 Å². The van der Waals surface area contributed by atoms with E-state index < -0.39 is 38.4 Å². The molecule has 2 N–H and O–H groups in total. The van der Waals surface area contributed by atoms with Gasteiger partial charge in [0.25, 0.3) is 0 Å². The lowest BCUT2D eigenvalue weighted by atomic mass is 10.2. The van der Waals surface area contributed by atoms with Gasteiger partial charge in [-0.1, -0.05) is 19.9 Å². The van der Waals surface area contributed by atoms with Crippen LogP contribution in [0.4, 0.5) is 0 Å². The first-order valence-electron chi connectivity index (χ1n) is 5.85. The Morgan fingerprint density at radius 1 is 1.37 bits per heavy atom. The highest BCUT2D eigenvalue weighted by Gasteiger charge is 2.20. The van der Waals surface area contributed by atoms with Crippen LogP contribution >= 0.6 is 7.60 Å². The SMILES string of the molecule is C=CC(=O)OC(CCCC)OC(=O)CCP(=O)(O)O. The highest BCUT2D eigenvalue weighted by atomic mass is 31.2. The Labute approximate surface area is 111 Å². The maximum Gasteiger partial charge on any atom is 0.333 e. The summed E-state index contributed by atoms with van der Waals surface area (Å²) >= 11 is 0. The van der Waals surface area contributed by atoms with E-state index in [1.54, 1.807) is 0 Å². The van der Waals surface area contributed by atoms with Crippen LogP contribution in [-0.2, 0) is 23.6 Å². The van der Waals surface area contributed by atoms with Crippen molar-refractivity contribution < 1.29 is 33.4 Å². The number of carbonyl (C=O) groups is 2. The topological polar surface area (TPSA) is 110 Å². The molecule has 0 saturated carbocycles. The van der Waals surface area contributed by atoms with Crippen LogP contribution in [-0.4, -0.2) is 34.2 Å². The van der Waals surface area contributed by atoms with Crippen molar-refractivity contribution in [2.75, 3.05) is 6.16 Å². The number of hydrogen-bond donors (Lipinski definition) is 2. The van der Waals surface area contributed by atoms with Gasteiger partial charge in [0.1, 0.15) is 0 Å². The molecule has 0 amide bonds. The molecule has 0 spiro atoms. The molecule has 0 aromatic rings.